The van der Waals surface area contributed by atoms with Crippen molar-refractivity contribution in [3.8, 4) is 23.1 Å². The van der Waals surface area contributed by atoms with E-state index in [1.807, 2.05) is 30.3 Å². The molecule has 0 bridgehead atoms. The Kier molecular flexibility index (Phi) is 6.36. The Balaban J connectivity index is 1.35. The van der Waals surface area contributed by atoms with E-state index < -0.39 is 5.82 Å². The highest BCUT2D eigenvalue weighted by atomic mass is 19.1. The van der Waals surface area contributed by atoms with Gasteiger partial charge in [0.2, 0.25) is 5.95 Å². The molecule has 5 rings (SSSR count). The molecule has 2 aromatic carbocycles. The van der Waals surface area contributed by atoms with E-state index >= 15 is 0 Å². The number of halogens is 1. The molecular formula is C26H25FN6O. The Labute approximate surface area is 197 Å². The highest BCUT2D eigenvalue weighted by Crippen LogP contribution is 2.29. The number of nitriles is 1. The van der Waals surface area contributed by atoms with Crippen LogP contribution in [0.25, 0.3) is 22.3 Å². The van der Waals surface area contributed by atoms with Crippen molar-refractivity contribution in [3.63, 3.8) is 0 Å². The summed E-state index contributed by atoms with van der Waals surface area (Å²) in [7, 11) is 0. The predicted octanol–water partition coefficient (Wildman–Crippen LogP) is 5.05. The topological polar surface area (TPSA) is 89.9 Å². The molecule has 34 heavy (non-hydrogen) atoms. The van der Waals surface area contributed by atoms with E-state index in [1.165, 1.54) is 18.9 Å². The minimum Gasteiger partial charge on any atom is -0.489 e. The second-order valence-corrected chi connectivity index (χ2v) is 8.34. The highest BCUT2D eigenvalue weighted by Gasteiger charge is 2.14. The second kappa shape index (κ2) is 9.89. The van der Waals surface area contributed by atoms with Crippen molar-refractivity contribution < 1.29 is 9.13 Å². The number of ether oxygens (including phenoxy) is 1. The van der Waals surface area contributed by atoms with E-state index in [1.54, 1.807) is 18.3 Å². The fourth-order valence-corrected chi connectivity index (χ4v) is 4.25. The lowest BCUT2D eigenvalue weighted by Crippen LogP contribution is -2.25. The molecule has 2 aromatic heterocycles. The largest absolute Gasteiger partial charge is 0.489 e. The molecule has 0 radical (unpaired) electrons. The zero-order valence-electron chi connectivity index (χ0n) is 18.7. The van der Waals surface area contributed by atoms with Crippen molar-refractivity contribution in [3.05, 3.63) is 66.1 Å². The number of likely N-dealkylation sites (tertiary alicyclic amines) is 1. The molecule has 0 atom stereocenters. The van der Waals surface area contributed by atoms with Crippen molar-refractivity contribution in [2.45, 2.75) is 19.3 Å². The number of aromatic amines is 1. The molecule has 7 nitrogen and oxygen atoms in total. The second-order valence-electron chi connectivity index (χ2n) is 8.34. The molecule has 4 aromatic rings. The molecule has 0 spiro atoms. The van der Waals surface area contributed by atoms with Crippen LogP contribution in [0.5, 0.6) is 5.75 Å². The van der Waals surface area contributed by atoms with Crippen LogP contribution in [0.3, 0.4) is 0 Å². The van der Waals surface area contributed by atoms with Gasteiger partial charge in [0, 0.05) is 35.4 Å². The third-order valence-corrected chi connectivity index (χ3v) is 5.95. The lowest BCUT2D eigenvalue weighted by molar-refractivity contribution is 0.231. The van der Waals surface area contributed by atoms with Crippen molar-refractivity contribution in [1.29, 1.82) is 5.26 Å². The maximum atomic E-state index is 14.7. The molecule has 8 heteroatoms. The average molecular weight is 457 g/mol. The molecule has 172 valence electrons. The Morgan fingerprint density at radius 3 is 2.82 bits per heavy atom. The van der Waals surface area contributed by atoms with Crippen molar-refractivity contribution in [1.82, 2.24) is 19.9 Å². The summed E-state index contributed by atoms with van der Waals surface area (Å²) in [5, 5.41) is 13.0. The van der Waals surface area contributed by atoms with Gasteiger partial charge in [0.25, 0.3) is 0 Å². The Hall–Kier alpha value is -3.96. The van der Waals surface area contributed by atoms with Crippen LogP contribution < -0.4 is 10.1 Å². The van der Waals surface area contributed by atoms with Gasteiger partial charge in [-0.25, -0.2) is 9.37 Å². The summed E-state index contributed by atoms with van der Waals surface area (Å²) < 4.78 is 20.3. The molecule has 1 aliphatic rings. The zero-order chi connectivity index (χ0) is 23.3. The first-order valence-corrected chi connectivity index (χ1v) is 11.4. The van der Waals surface area contributed by atoms with Gasteiger partial charge in [0.15, 0.2) is 11.6 Å². The number of fused-ring (bicyclic) bond motifs is 1. The van der Waals surface area contributed by atoms with E-state index in [0.717, 1.165) is 41.8 Å². The standard InChI is InChI=1S/C26H25FN6O/c27-22-17-20(6-7-23(22)34-15-14-33-12-1-2-13-33)30-26-31-24(21-9-11-29-25(21)32-26)19-5-3-4-18(16-19)8-10-28/h3-7,9,11,16-17H,1-2,8,12-15H2,(H2,29,30,31,32). The lowest BCUT2D eigenvalue weighted by Gasteiger charge is -2.15. The summed E-state index contributed by atoms with van der Waals surface area (Å²) in [6, 6.07) is 16.6. The quantitative estimate of drug-likeness (QED) is 0.386. The van der Waals surface area contributed by atoms with E-state index in [4.69, 9.17) is 15.0 Å². The van der Waals surface area contributed by atoms with Gasteiger partial charge >= 0.3 is 0 Å². The van der Waals surface area contributed by atoms with Crippen LogP contribution in [0.15, 0.2) is 54.7 Å². The van der Waals surface area contributed by atoms with Gasteiger partial charge in [-0.05, 0) is 55.8 Å². The number of anilines is 2. The van der Waals surface area contributed by atoms with Gasteiger partial charge in [0.1, 0.15) is 12.3 Å². The smallest absolute Gasteiger partial charge is 0.229 e. The summed E-state index contributed by atoms with van der Waals surface area (Å²) >= 11 is 0. The van der Waals surface area contributed by atoms with Crippen LogP contribution >= 0.6 is 0 Å². The minimum atomic E-state index is -0.434. The van der Waals surface area contributed by atoms with Gasteiger partial charge in [-0.3, -0.25) is 4.90 Å². The number of nitrogens with one attached hydrogen (secondary N) is 2. The van der Waals surface area contributed by atoms with Gasteiger partial charge in [-0.1, -0.05) is 18.2 Å². The van der Waals surface area contributed by atoms with Gasteiger partial charge < -0.3 is 15.0 Å². The summed E-state index contributed by atoms with van der Waals surface area (Å²) in [5.41, 5.74) is 3.73. The number of H-pyrrole nitrogens is 1. The van der Waals surface area contributed by atoms with Gasteiger partial charge in [-0.2, -0.15) is 10.2 Å². The molecule has 0 unspecified atom stereocenters. The number of hydrogen-bond donors (Lipinski definition) is 2. The van der Waals surface area contributed by atoms with Crippen molar-refractivity contribution in [2.75, 3.05) is 31.6 Å². The Bertz CT molecular complexity index is 1340. The molecule has 0 aliphatic carbocycles. The number of nitrogens with zero attached hydrogens (tertiary/aromatic N) is 4. The number of rotatable bonds is 8. The summed E-state index contributed by atoms with van der Waals surface area (Å²) in [6.45, 7) is 3.45. The number of hydrogen-bond acceptors (Lipinski definition) is 6. The van der Waals surface area contributed by atoms with E-state index in [2.05, 4.69) is 26.3 Å². The summed E-state index contributed by atoms with van der Waals surface area (Å²) in [6.07, 6.45) is 4.57. The molecule has 0 saturated carbocycles. The average Bonchev–Trinajstić information content (AvgIpc) is 3.52. The number of aromatic nitrogens is 3. The summed E-state index contributed by atoms with van der Waals surface area (Å²) in [4.78, 5) is 14.7. The molecule has 1 saturated heterocycles. The SMILES string of the molecule is N#CCc1cccc(-c2nc(Nc3ccc(OCCN4CCCC4)c(F)c3)nc3[nH]ccc23)c1. The molecular weight excluding hydrogens is 431 g/mol. The molecule has 0 amide bonds. The van der Waals surface area contributed by atoms with E-state index in [9.17, 15) is 4.39 Å². The molecule has 2 N–H and O–H groups in total. The third-order valence-electron chi connectivity index (χ3n) is 5.95. The minimum absolute atomic E-state index is 0.237. The molecule has 1 fully saturated rings. The van der Waals surface area contributed by atoms with Crippen LogP contribution in [0.1, 0.15) is 18.4 Å². The lowest BCUT2D eigenvalue weighted by atomic mass is 10.0. The van der Waals surface area contributed by atoms with Crippen LogP contribution in [-0.4, -0.2) is 46.1 Å². The first-order valence-electron chi connectivity index (χ1n) is 11.4. The summed E-state index contributed by atoms with van der Waals surface area (Å²) in [5.74, 6) is 0.148. The van der Waals surface area contributed by atoms with E-state index in [-0.39, 0.29) is 5.75 Å². The zero-order valence-corrected chi connectivity index (χ0v) is 18.7. The predicted molar refractivity (Wildman–Crippen MR) is 129 cm³/mol. The van der Waals surface area contributed by atoms with E-state index in [0.29, 0.717) is 30.3 Å². The normalized spacial score (nSPS) is 13.8. The fraction of sp³-hybridized carbons (Fsp3) is 0.269. The van der Waals surface area contributed by atoms with Crippen LogP contribution in [0, 0.1) is 17.1 Å². The Morgan fingerprint density at radius 2 is 2.00 bits per heavy atom. The van der Waals surface area contributed by atoms with Gasteiger partial charge in [-0.15, -0.1) is 0 Å². The fourth-order valence-electron chi connectivity index (χ4n) is 4.25. The highest BCUT2D eigenvalue weighted by molar-refractivity contribution is 5.92. The maximum Gasteiger partial charge on any atom is 0.229 e. The molecule has 1 aliphatic heterocycles. The molecule has 3 heterocycles. The third kappa shape index (κ3) is 4.85. The first-order chi connectivity index (χ1) is 16.7. The van der Waals surface area contributed by atoms with Crippen molar-refractivity contribution in [2.24, 2.45) is 0 Å². The Morgan fingerprint density at radius 1 is 1.12 bits per heavy atom. The van der Waals surface area contributed by atoms with Crippen LogP contribution in [0.4, 0.5) is 16.0 Å². The van der Waals surface area contributed by atoms with Crippen LogP contribution in [0.2, 0.25) is 0 Å². The number of benzene rings is 2. The first kappa shape index (κ1) is 21.9. The monoisotopic (exact) mass is 456 g/mol. The van der Waals surface area contributed by atoms with Gasteiger partial charge in [0.05, 0.1) is 18.2 Å². The van der Waals surface area contributed by atoms with Crippen LogP contribution in [-0.2, 0) is 6.42 Å². The van der Waals surface area contributed by atoms with Crippen molar-refractivity contribution >= 4 is 22.7 Å². The maximum absolute atomic E-state index is 14.7.